The van der Waals surface area contributed by atoms with Crippen LogP contribution in [0.25, 0.3) is 0 Å². The lowest BCUT2D eigenvalue weighted by Gasteiger charge is -2.42. The monoisotopic (exact) mass is 316 g/mol. The van der Waals surface area contributed by atoms with Crippen LogP contribution >= 0.6 is 0 Å². The minimum atomic E-state index is -1.64. The first-order valence-electron chi connectivity index (χ1n) is 9.14. The van der Waals surface area contributed by atoms with Gasteiger partial charge in [-0.05, 0) is 29.5 Å². The van der Waals surface area contributed by atoms with E-state index < -0.39 is 8.32 Å². The van der Waals surface area contributed by atoms with E-state index >= 15 is 0 Å². The molecule has 0 heterocycles. The Kier molecular flexibility index (Phi) is 11.7. The molecule has 21 heavy (non-hydrogen) atoms. The van der Waals surface area contributed by atoms with Crippen molar-refractivity contribution in [1.29, 1.82) is 0 Å². The molecule has 0 aromatic carbocycles. The average Bonchev–Trinajstić information content (AvgIpc) is 2.39. The first kappa shape index (κ1) is 21.1. The topological polar surface area (TPSA) is 29.5 Å². The number of aliphatic hydroxyl groups is 1. The molecule has 0 saturated heterocycles. The normalized spacial score (nSPS) is 12.9. The Hall–Kier alpha value is 0.137. The Morgan fingerprint density at radius 3 is 1.43 bits per heavy atom. The second kappa shape index (κ2) is 11.7. The Labute approximate surface area is 134 Å². The fraction of sp³-hybridized carbons (Fsp3) is 1.00. The lowest BCUT2D eigenvalue weighted by Crippen LogP contribution is -2.47. The molecule has 0 aliphatic rings. The van der Waals surface area contributed by atoms with E-state index in [1.54, 1.807) is 0 Å². The molecular weight excluding hydrogens is 276 g/mol. The summed E-state index contributed by atoms with van der Waals surface area (Å²) in [4.78, 5) is 0. The van der Waals surface area contributed by atoms with Gasteiger partial charge in [-0.1, -0.05) is 73.6 Å². The Morgan fingerprint density at radius 1 is 0.667 bits per heavy atom. The minimum Gasteiger partial charge on any atom is -0.416 e. The summed E-state index contributed by atoms with van der Waals surface area (Å²) in [6.07, 6.45) is 8.53. The van der Waals surface area contributed by atoms with Gasteiger partial charge >= 0.3 is 0 Å². The van der Waals surface area contributed by atoms with Gasteiger partial charge in [0.05, 0.1) is 0 Å². The second-order valence-electron chi connectivity index (χ2n) is 7.36. The summed E-state index contributed by atoms with van der Waals surface area (Å²) in [6.45, 7) is 15.4. The molecule has 0 aliphatic carbocycles. The van der Waals surface area contributed by atoms with Crippen molar-refractivity contribution in [2.45, 2.75) is 103 Å². The van der Waals surface area contributed by atoms with Crippen LogP contribution in [0.3, 0.4) is 0 Å². The maximum atomic E-state index is 8.74. The third kappa shape index (κ3) is 7.29. The van der Waals surface area contributed by atoms with E-state index in [1.807, 2.05) is 0 Å². The van der Waals surface area contributed by atoms with E-state index in [4.69, 9.17) is 9.53 Å². The number of hydrogen-bond acceptors (Lipinski definition) is 2. The highest BCUT2D eigenvalue weighted by atomic mass is 28.4. The molecule has 0 fully saturated rings. The van der Waals surface area contributed by atoms with Crippen molar-refractivity contribution in [2.24, 2.45) is 0 Å². The molecule has 1 N–H and O–H groups in total. The number of rotatable bonds is 13. The van der Waals surface area contributed by atoms with Crippen LogP contribution in [0.1, 0.15) is 86.5 Å². The standard InChI is InChI=1S/C18H40O2Si/c1-16(2)21(17(3)4,18(5)6)20-15-13-11-9-7-8-10-12-14-19/h16-19H,7-15H2,1-6H3. The molecule has 0 aliphatic heterocycles. The zero-order valence-corrected chi connectivity index (χ0v) is 16.5. The van der Waals surface area contributed by atoms with Gasteiger partial charge in [0.25, 0.3) is 0 Å². The smallest absolute Gasteiger partial charge is 0.200 e. The van der Waals surface area contributed by atoms with Gasteiger partial charge in [-0.25, -0.2) is 0 Å². The van der Waals surface area contributed by atoms with Gasteiger partial charge in [-0.15, -0.1) is 0 Å². The molecule has 0 unspecified atom stereocenters. The average molecular weight is 317 g/mol. The third-order valence-electron chi connectivity index (χ3n) is 4.86. The van der Waals surface area contributed by atoms with E-state index in [-0.39, 0.29) is 0 Å². The molecule has 128 valence electrons. The van der Waals surface area contributed by atoms with E-state index in [9.17, 15) is 0 Å². The van der Waals surface area contributed by atoms with Crippen LogP contribution in [-0.2, 0) is 4.43 Å². The minimum absolute atomic E-state index is 0.347. The highest BCUT2D eigenvalue weighted by Crippen LogP contribution is 2.42. The van der Waals surface area contributed by atoms with Crippen molar-refractivity contribution in [3.8, 4) is 0 Å². The number of aliphatic hydroxyl groups excluding tert-OH is 1. The van der Waals surface area contributed by atoms with Gasteiger partial charge in [0.1, 0.15) is 0 Å². The van der Waals surface area contributed by atoms with Crippen molar-refractivity contribution in [3.63, 3.8) is 0 Å². The lowest BCUT2D eigenvalue weighted by atomic mass is 10.1. The molecule has 0 bridgehead atoms. The van der Waals surface area contributed by atoms with E-state index in [0.29, 0.717) is 23.2 Å². The summed E-state index contributed by atoms with van der Waals surface area (Å²) in [5.41, 5.74) is 2.07. The van der Waals surface area contributed by atoms with Gasteiger partial charge < -0.3 is 9.53 Å². The maximum Gasteiger partial charge on any atom is 0.200 e. The summed E-state index contributed by atoms with van der Waals surface area (Å²) >= 11 is 0. The van der Waals surface area contributed by atoms with Crippen molar-refractivity contribution in [3.05, 3.63) is 0 Å². The predicted molar refractivity (Wildman–Crippen MR) is 96.4 cm³/mol. The molecule has 0 atom stereocenters. The predicted octanol–water partition coefficient (Wildman–Crippen LogP) is 5.90. The first-order chi connectivity index (χ1) is 9.89. The lowest BCUT2D eigenvalue weighted by molar-refractivity contribution is 0.266. The third-order valence-corrected chi connectivity index (χ3v) is 11.0. The zero-order chi connectivity index (χ0) is 16.3. The molecular formula is C18H40O2Si. The fourth-order valence-corrected chi connectivity index (χ4v) is 9.34. The van der Waals surface area contributed by atoms with Gasteiger partial charge in [0.15, 0.2) is 8.32 Å². The molecule has 3 heteroatoms. The van der Waals surface area contributed by atoms with Gasteiger partial charge in [0.2, 0.25) is 0 Å². The van der Waals surface area contributed by atoms with E-state index in [1.165, 1.54) is 38.5 Å². The Morgan fingerprint density at radius 2 is 1.05 bits per heavy atom. The summed E-state index contributed by atoms with van der Waals surface area (Å²) < 4.78 is 6.56. The molecule has 0 aromatic rings. The molecule has 2 nitrogen and oxygen atoms in total. The van der Waals surface area contributed by atoms with Crippen LogP contribution in [0.5, 0.6) is 0 Å². The van der Waals surface area contributed by atoms with Gasteiger partial charge in [-0.2, -0.15) is 0 Å². The van der Waals surface area contributed by atoms with Crippen LogP contribution in [0.4, 0.5) is 0 Å². The van der Waals surface area contributed by atoms with Gasteiger partial charge in [-0.3, -0.25) is 0 Å². The Bertz CT molecular complexity index is 218. The van der Waals surface area contributed by atoms with Gasteiger partial charge in [0, 0.05) is 13.2 Å². The first-order valence-corrected chi connectivity index (χ1v) is 11.3. The van der Waals surface area contributed by atoms with Crippen LogP contribution < -0.4 is 0 Å². The Balaban J connectivity index is 3.95. The maximum absolute atomic E-state index is 8.74. The van der Waals surface area contributed by atoms with E-state index in [0.717, 1.165) is 13.0 Å². The van der Waals surface area contributed by atoms with Crippen molar-refractivity contribution in [1.82, 2.24) is 0 Å². The fourth-order valence-electron chi connectivity index (χ4n) is 3.85. The molecule has 0 aromatic heterocycles. The molecule has 0 spiro atoms. The largest absolute Gasteiger partial charge is 0.416 e. The second-order valence-corrected chi connectivity index (χ2v) is 12.8. The summed E-state index contributed by atoms with van der Waals surface area (Å²) in [6, 6.07) is 0. The van der Waals surface area contributed by atoms with Crippen molar-refractivity contribution >= 4 is 8.32 Å². The summed E-state index contributed by atoms with van der Waals surface area (Å²) in [5, 5.41) is 8.74. The summed E-state index contributed by atoms with van der Waals surface area (Å²) in [5.74, 6) is 0. The molecule has 0 rings (SSSR count). The van der Waals surface area contributed by atoms with Crippen molar-refractivity contribution in [2.75, 3.05) is 13.2 Å². The highest BCUT2D eigenvalue weighted by Gasteiger charge is 2.44. The zero-order valence-electron chi connectivity index (χ0n) is 15.5. The number of unbranched alkanes of at least 4 members (excludes halogenated alkanes) is 6. The van der Waals surface area contributed by atoms with Crippen molar-refractivity contribution < 1.29 is 9.53 Å². The molecule has 0 saturated carbocycles. The SMILES string of the molecule is CC(C)[Si](OCCCCCCCCCO)(C(C)C)C(C)C. The summed E-state index contributed by atoms with van der Waals surface area (Å²) in [7, 11) is -1.64. The van der Waals surface area contributed by atoms with Crippen LogP contribution in [0.2, 0.25) is 16.6 Å². The van der Waals surface area contributed by atoms with Crippen LogP contribution in [0.15, 0.2) is 0 Å². The van der Waals surface area contributed by atoms with Crippen LogP contribution in [-0.4, -0.2) is 26.6 Å². The molecule has 0 amide bonds. The van der Waals surface area contributed by atoms with Crippen LogP contribution in [0, 0.1) is 0 Å². The van der Waals surface area contributed by atoms with E-state index in [2.05, 4.69) is 41.5 Å². The highest BCUT2D eigenvalue weighted by molar-refractivity contribution is 6.77. The molecule has 0 radical (unpaired) electrons. The number of hydrogen-bond donors (Lipinski definition) is 1. The quantitative estimate of drug-likeness (QED) is 0.338.